The van der Waals surface area contributed by atoms with E-state index in [0.29, 0.717) is 24.7 Å². The van der Waals surface area contributed by atoms with Crippen LogP contribution in [0.4, 0.5) is 0 Å². The molecule has 5 rings (SSSR count). The summed E-state index contributed by atoms with van der Waals surface area (Å²) in [6, 6.07) is 15.4. The summed E-state index contributed by atoms with van der Waals surface area (Å²) in [5.74, 6) is 0.634. The van der Waals surface area contributed by atoms with E-state index in [4.69, 9.17) is 4.74 Å². The van der Waals surface area contributed by atoms with Gasteiger partial charge in [-0.25, -0.2) is 4.98 Å². The highest BCUT2D eigenvalue weighted by molar-refractivity contribution is 6.00. The molecule has 0 saturated carbocycles. The molecule has 1 aliphatic heterocycles. The molecule has 1 atom stereocenters. The molecule has 2 aromatic carbocycles. The van der Waals surface area contributed by atoms with Crippen molar-refractivity contribution < 1.29 is 14.6 Å². The maximum Gasteiger partial charge on any atom is 0.257 e. The summed E-state index contributed by atoms with van der Waals surface area (Å²) in [6.07, 6.45) is 4.64. The maximum atomic E-state index is 13.2. The van der Waals surface area contributed by atoms with Gasteiger partial charge in [-0.1, -0.05) is 24.3 Å². The number of phenols is 1. The number of aromatic nitrogens is 2. The van der Waals surface area contributed by atoms with Crippen LogP contribution in [-0.4, -0.2) is 71.1 Å². The molecule has 7 nitrogen and oxygen atoms in total. The van der Waals surface area contributed by atoms with Crippen LogP contribution in [0.25, 0.3) is 33.3 Å². The molecule has 2 N–H and O–H groups in total. The molecule has 4 aromatic rings. The fourth-order valence-electron chi connectivity index (χ4n) is 4.66. The van der Waals surface area contributed by atoms with Crippen molar-refractivity contribution in [3.63, 3.8) is 0 Å². The van der Waals surface area contributed by atoms with Crippen molar-refractivity contribution >= 4 is 16.9 Å². The number of nitrogens with one attached hydrogen (secondary N) is 1. The van der Waals surface area contributed by atoms with Gasteiger partial charge in [0.25, 0.3) is 5.91 Å². The quantitative estimate of drug-likeness (QED) is 0.466. The van der Waals surface area contributed by atoms with Crippen molar-refractivity contribution in [1.29, 1.82) is 0 Å². The molecule has 7 heteroatoms. The van der Waals surface area contributed by atoms with Crippen LogP contribution in [0.2, 0.25) is 0 Å². The SMILES string of the molecule is COc1ccccc1-c1c[nH]c2ncc(-c3ccc(O)c(C(=O)N4CCC(N(C)C)C4)c3)cc12. The van der Waals surface area contributed by atoms with Gasteiger partial charge in [-0.15, -0.1) is 0 Å². The van der Waals surface area contributed by atoms with Crippen molar-refractivity contribution in [2.75, 3.05) is 34.3 Å². The van der Waals surface area contributed by atoms with Gasteiger partial charge in [-0.2, -0.15) is 0 Å². The Balaban J connectivity index is 1.51. The van der Waals surface area contributed by atoms with Gasteiger partial charge in [0.1, 0.15) is 17.1 Å². The monoisotopic (exact) mass is 456 g/mol. The van der Waals surface area contributed by atoms with Crippen LogP contribution in [0.1, 0.15) is 16.8 Å². The number of fused-ring (bicyclic) bond motifs is 1. The maximum absolute atomic E-state index is 13.2. The number of aromatic hydroxyl groups is 1. The normalized spacial score (nSPS) is 15.9. The summed E-state index contributed by atoms with van der Waals surface area (Å²) in [7, 11) is 5.72. The fourth-order valence-corrected chi connectivity index (χ4v) is 4.66. The third-order valence-corrected chi connectivity index (χ3v) is 6.67. The zero-order chi connectivity index (χ0) is 23.8. The van der Waals surface area contributed by atoms with Crippen LogP contribution in [0.15, 0.2) is 60.9 Å². The summed E-state index contributed by atoms with van der Waals surface area (Å²) in [5, 5.41) is 11.4. The molecule has 174 valence electrons. The first-order valence-corrected chi connectivity index (χ1v) is 11.4. The number of likely N-dealkylation sites (N-methyl/N-ethyl adjacent to an activating group) is 1. The molecule has 0 bridgehead atoms. The minimum atomic E-state index is -0.144. The Morgan fingerprint density at radius 3 is 2.74 bits per heavy atom. The molecule has 1 unspecified atom stereocenters. The second-order valence-corrected chi connectivity index (χ2v) is 8.91. The Labute approximate surface area is 198 Å². The molecule has 3 heterocycles. The number of hydrogen-bond donors (Lipinski definition) is 2. The Kier molecular flexibility index (Phi) is 5.71. The van der Waals surface area contributed by atoms with E-state index >= 15 is 0 Å². The molecule has 1 aliphatic rings. The molecule has 0 radical (unpaired) electrons. The highest BCUT2D eigenvalue weighted by Gasteiger charge is 2.29. The standard InChI is InChI=1S/C27H28N4O3/c1-30(2)19-10-11-31(16-19)27(33)22-12-17(8-9-24(22)32)18-13-21-23(15-29-26(21)28-14-18)20-6-4-5-7-25(20)34-3/h4-9,12-15,19,32H,10-11,16H2,1-3H3,(H,28,29). The summed E-state index contributed by atoms with van der Waals surface area (Å²) in [6.45, 7) is 1.35. The van der Waals surface area contributed by atoms with Gasteiger partial charge < -0.3 is 24.6 Å². The van der Waals surface area contributed by atoms with Crippen molar-refractivity contribution in [2.45, 2.75) is 12.5 Å². The van der Waals surface area contributed by atoms with Crippen LogP contribution in [0, 0.1) is 0 Å². The third kappa shape index (κ3) is 3.88. The molecule has 1 fully saturated rings. The lowest BCUT2D eigenvalue weighted by atomic mass is 10.00. The summed E-state index contributed by atoms with van der Waals surface area (Å²) >= 11 is 0. The number of aromatic amines is 1. The zero-order valence-electron chi connectivity index (χ0n) is 19.6. The van der Waals surface area contributed by atoms with Crippen LogP contribution < -0.4 is 4.74 Å². The molecule has 0 aliphatic carbocycles. The Morgan fingerprint density at radius 1 is 1.15 bits per heavy atom. The van der Waals surface area contributed by atoms with Crippen molar-refractivity contribution in [2.24, 2.45) is 0 Å². The number of ether oxygens (including phenoxy) is 1. The minimum Gasteiger partial charge on any atom is -0.507 e. The van der Waals surface area contributed by atoms with Gasteiger partial charge in [-0.05, 0) is 50.3 Å². The third-order valence-electron chi connectivity index (χ3n) is 6.67. The van der Waals surface area contributed by atoms with Gasteiger partial charge >= 0.3 is 0 Å². The molecular formula is C27H28N4O3. The Bertz CT molecular complexity index is 1360. The topological polar surface area (TPSA) is 81.7 Å². The number of benzene rings is 2. The number of likely N-dealkylation sites (tertiary alicyclic amines) is 1. The van der Waals surface area contributed by atoms with Crippen LogP contribution >= 0.6 is 0 Å². The molecule has 1 amide bonds. The van der Waals surface area contributed by atoms with E-state index in [2.05, 4.69) is 20.9 Å². The highest BCUT2D eigenvalue weighted by atomic mass is 16.5. The van der Waals surface area contributed by atoms with Gasteiger partial charge in [0.2, 0.25) is 0 Å². The van der Waals surface area contributed by atoms with Crippen molar-refractivity contribution in [3.05, 3.63) is 66.5 Å². The van der Waals surface area contributed by atoms with Gasteiger partial charge in [0, 0.05) is 53.6 Å². The van der Waals surface area contributed by atoms with E-state index in [1.54, 1.807) is 25.4 Å². The average Bonchev–Trinajstić information content (AvgIpc) is 3.51. The van der Waals surface area contributed by atoms with E-state index in [-0.39, 0.29) is 11.7 Å². The number of carbonyl (C=O) groups is 1. The summed E-state index contributed by atoms with van der Waals surface area (Å²) < 4.78 is 5.55. The number of nitrogens with zero attached hydrogens (tertiary/aromatic N) is 3. The Morgan fingerprint density at radius 2 is 1.97 bits per heavy atom. The van der Waals surface area contributed by atoms with Crippen LogP contribution in [-0.2, 0) is 0 Å². The minimum absolute atomic E-state index is 0.00699. The number of pyridine rings is 1. The lowest BCUT2D eigenvalue weighted by Crippen LogP contribution is -2.34. The lowest BCUT2D eigenvalue weighted by Gasteiger charge is -2.21. The molecule has 0 spiro atoms. The van der Waals surface area contributed by atoms with E-state index in [1.807, 2.05) is 55.5 Å². The molecular weight excluding hydrogens is 428 g/mol. The second-order valence-electron chi connectivity index (χ2n) is 8.91. The second kappa shape index (κ2) is 8.83. The predicted octanol–water partition coefficient (Wildman–Crippen LogP) is 4.39. The van der Waals surface area contributed by atoms with E-state index < -0.39 is 0 Å². The summed E-state index contributed by atoms with van der Waals surface area (Å²) in [5.41, 5.74) is 4.74. The fraction of sp³-hybridized carbons (Fsp3) is 0.259. The number of para-hydroxylation sites is 1. The first-order chi connectivity index (χ1) is 16.5. The lowest BCUT2D eigenvalue weighted by molar-refractivity contribution is 0.0780. The average molecular weight is 457 g/mol. The molecule has 1 saturated heterocycles. The molecule has 34 heavy (non-hydrogen) atoms. The zero-order valence-corrected chi connectivity index (χ0v) is 19.6. The number of amides is 1. The van der Waals surface area contributed by atoms with Gasteiger partial charge in [0.15, 0.2) is 0 Å². The predicted molar refractivity (Wildman–Crippen MR) is 133 cm³/mol. The number of phenolic OH excluding ortho intramolecular Hbond substituents is 1. The first-order valence-electron chi connectivity index (χ1n) is 11.4. The number of rotatable bonds is 5. The number of hydrogen-bond acceptors (Lipinski definition) is 5. The van der Waals surface area contributed by atoms with Crippen LogP contribution in [0.3, 0.4) is 0 Å². The van der Waals surface area contributed by atoms with E-state index in [9.17, 15) is 9.90 Å². The van der Waals surface area contributed by atoms with E-state index in [1.165, 1.54) is 0 Å². The van der Waals surface area contributed by atoms with Gasteiger partial charge in [-0.3, -0.25) is 4.79 Å². The summed E-state index contributed by atoms with van der Waals surface area (Å²) in [4.78, 5) is 25.0. The van der Waals surface area contributed by atoms with Crippen molar-refractivity contribution in [3.8, 4) is 33.8 Å². The Hall–Kier alpha value is -3.84. The van der Waals surface area contributed by atoms with E-state index in [0.717, 1.165) is 45.5 Å². The van der Waals surface area contributed by atoms with Crippen molar-refractivity contribution in [1.82, 2.24) is 19.8 Å². The number of carbonyl (C=O) groups excluding carboxylic acids is 1. The largest absolute Gasteiger partial charge is 0.507 e. The smallest absolute Gasteiger partial charge is 0.257 e. The highest BCUT2D eigenvalue weighted by Crippen LogP contribution is 2.36. The number of methoxy groups -OCH3 is 1. The van der Waals surface area contributed by atoms with Crippen LogP contribution in [0.5, 0.6) is 11.5 Å². The molecule has 2 aromatic heterocycles. The number of H-pyrrole nitrogens is 1. The van der Waals surface area contributed by atoms with Gasteiger partial charge in [0.05, 0.1) is 12.7 Å². The first kappa shape index (κ1) is 22.0.